The Morgan fingerprint density at radius 3 is 2.63 bits per heavy atom. The molecule has 5 nitrogen and oxygen atoms in total. The predicted molar refractivity (Wildman–Crippen MR) is 111 cm³/mol. The molecule has 0 saturated heterocycles. The Labute approximate surface area is 163 Å². The Balaban J connectivity index is 1.87. The van der Waals surface area contributed by atoms with Gasteiger partial charge in [0.05, 0.1) is 12.6 Å². The highest BCUT2D eigenvalue weighted by atomic mass is 16.2. The number of amides is 2. The molecule has 2 rings (SSSR count). The summed E-state index contributed by atoms with van der Waals surface area (Å²) in [6.45, 7) is 8.56. The second-order valence-corrected chi connectivity index (χ2v) is 8.02. The van der Waals surface area contributed by atoms with Gasteiger partial charge in [-0.1, -0.05) is 51.8 Å². The van der Waals surface area contributed by atoms with Crippen LogP contribution in [-0.2, 0) is 16.0 Å². The van der Waals surface area contributed by atoms with Crippen molar-refractivity contribution in [2.75, 3.05) is 18.9 Å². The van der Waals surface area contributed by atoms with E-state index in [0.29, 0.717) is 17.9 Å². The summed E-state index contributed by atoms with van der Waals surface area (Å²) in [6, 6.07) is 7.85. The van der Waals surface area contributed by atoms with E-state index in [-0.39, 0.29) is 24.4 Å². The van der Waals surface area contributed by atoms with E-state index in [1.807, 2.05) is 31.2 Å². The summed E-state index contributed by atoms with van der Waals surface area (Å²) >= 11 is 0. The molecule has 0 spiro atoms. The third-order valence-electron chi connectivity index (χ3n) is 5.97. The lowest BCUT2D eigenvalue weighted by Crippen LogP contribution is -2.51. The average Bonchev–Trinajstić information content (AvgIpc) is 2.65. The maximum absolute atomic E-state index is 12.7. The molecule has 2 amide bonds. The molecule has 4 atom stereocenters. The summed E-state index contributed by atoms with van der Waals surface area (Å²) in [6.07, 6.45) is 4.44. The van der Waals surface area contributed by atoms with Crippen LogP contribution in [0.15, 0.2) is 24.3 Å². The molecule has 0 aromatic heterocycles. The van der Waals surface area contributed by atoms with Crippen LogP contribution in [0.5, 0.6) is 0 Å². The SMILES string of the molecule is CCc1ccccc1NC(=O)CN(C)C(=O)C(C)NC1CCCC(C)C1C. The molecule has 27 heavy (non-hydrogen) atoms. The van der Waals surface area contributed by atoms with Crippen LogP contribution in [-0.4, -0.2) is 42.4 Å². The highest BCUT2D eigenvalue weighted by Crippen LogP contribution is 2.29. The van der Waals surface area contributed by atoms with Gasteiger partial charge >= 0.3 is 0 Å². The van der Waals surface area contributed by atoms with Gasteiger partial charge < -0.3 is 15.5 Å². The van der Waals surface area contributed by atoms with Crippen molar-refractivity contribution in [3.8, 4) is 0 Å². The lowest BCUT2D eigenvalue weighted by Gasteiger charge is -2.36. The van der Waals surface area contributed by atoms with Gasteiger partial charge in [0, 0.05) is 18.8 Å². The highest BCUT2D eigenvalue weighted by molar-refractivity contribution is 5.95. The number of carbonyl (C=O) groups is 2. The van der Waals surface area contributed by atoms with Gasteiger partial charge in [0.1, 0.15) is 0 Å². The Bertz CT molecular complexity index is 646. The summed E-state index contributed by atoms with van der Waals surface area (Å²) in [5.74, 6) is 1.03. The molecular formula is C22H35N3O2. The van der Waals surface area contributed by atoms with E-state index in [2.05, 4.69) is 31.4 Å². The topological polar surface area (TPSA) is 61.4 Å². The van der Waals surface area contributed by atoms with Crippen molar-refractivity contribution >= 4 is 17.5 Å². The second-order valence-electron chi connectivity index (χ2n) is 8.02. The number of rotatable bonds is 7. The zero-order chi connectivity index (χ0) is 20.0. The number of hydrogen-bond acceptors (Lipinski definition) is 3. The molecule has 4 unspecified atom stereocenters. The molecule has 1 aromatic carbocycles. The van der Waals surface area contributed by atoms with Crippen LogP contribution in [0.3, 0.4) is 0 Å². The molecule has 150 valence electrons. The molecule has 0 heterocycles. The van der Waals surface area contributed by atoms with Crippen LogP contribution in [0.25, 0.3) is 0 Å². The minimum atomic E-state index is -0.288. The van der Waals surface area contributed by atoms with Gasteiger partial charge in [0.25, 0.3) is 0 Å². The van der Waals surface area contributed by atoms with Gasteiger partial charge in [0.15, 0.2) is 0 Å². The quantitative estimate of drug-likeness (QED) is 0.769. The number of aryl methyl sites for hydroxylation is 1. The molecule has 1 saturated carbocycles. The number of nitrogens with one attached hydrogen (secondary N) is 2. The summed E-state index contributed by atoms with van der Waals surface area (Å²) in [4.78, 5) is 26.6. The lowest BCUT2D eigenvalue weighted by molar-refractivity contribution is -0.135. The van der Waals surface area contributed by atoms with Crippen molar-refractivity contribution in [2.24, 2.45) is 11.8 Å². The van der Waals surface area contributed by atoms with Crippen LogP contribution in [0, 0.1) is 11.8 Å². The van der Waals surface area contributed by atoms with Crippen LogP contribution >= 0.6 is 0 Å². The number of para-hydroxylation sites is 1. The van der Waals surface area contributed by atoms with Gasteiger partial charge in [-0.15, -0.1) is 0 Å². The van der Waals surface area contributed by atoms with Crippen LogP contribution < -0.4 is 10.6 Å². The van der Waals surface area contributed by atoms with Crippen molar-refractivity contribution in [3.63, 3.8) is 0 Å². The molecule has 1 aliphatic rings. The smallest absolute Gasteiger partial charge is 0.243 e. The first-order chi connectivity index (χ1) is 12.8. The third-order valence-corrected chi connectivity index (χ3v) is 5.97. The molecular weight excluding hydrogens is 338 g/mol. The number of likely N-dealkylation sites (N-methyl/N-ethyl adjacent to an activating group) is 1. The number of carbonyl (C=O) groups excluding carboxylic acids is 2. The summed E-state index contributed by atoms with van der Waals surface area (Å²) in [5.41, 5.74) is 1.91. The first-order valence-electron chi connectivity index (χ1n) is 10.2. The van der Waals surface area contributed by atoms with E-state index in [1.54, 1.807) is 7.05 Å². The molecule has 0 radical (unpaired) electrons. The molecule has 1 aliphatic carbocycles. The zero-order valence-electron chi connectivity index (χ0n) is 17.4. The van der Waals surface area contributed by atoms with Crippen molar-refractivity contribution in [1.82, 2.24) is 10.2 Å². The van der Waals surface area contributed by atoms with E-state index in [4.69, 9.17) is 0 Å². The van der Waals surface area contributed by atoms with E-state index >= 15 is 0 Å². The number of benzene rings is 1. The third kappa shape index (κ3) is 5.80. The summed E-state index contributed by atoms with van der Waals surface area (Å²) < 4.78 is 0. The normalized spacial score (nSPS) is 23.5. The summed E-state index contributed by atoms with van der Waals surface area (Å²) in [7, 11) is 1.69. The van der Waals surface area contributed by atoms with Gasteiger partial charge in [-0.05, 0) is 43.2 Å². The Kier molecular flexibility index (Phi) is 7.84. The first kappa shape index (κ1) is 21.4. The molecule has 5 heteroatoms. The van der Waals surface area contributed by atoms with Gasteiger partial charge in [-0.3, -0.25) is 9.59 Å². The number of nitrogens with zero attached hydrogens (tertiary/aromatic N) is 1. The molecule has 2 N–H and O–H groups in total. The van der Waals surface area contributed by atoms with E-state index in [9.17, 15) is 9.59 Å². The number of anilines is 1. The molecule has 1 fully saturated rings. The lowest BCUT2D eigenvalue weighted by atomic mass is 9.78. The minimum absolute atomic E-state index is 0.0423. The Hall–Kier alpha value is -1.88. The molecule has 1 aromatic rings. The van der Waals surface area contributed by atoms with E-state index < -0.39 is 0 Å². The minimum Gasteiger partial charge on any atom is -0.335 e. The fraction of sp³-hybridized carbons (Fsp3) is 0.636. The van der Waals surface area contributed by atoms with Crippen LogP contribution in [0.2, 0.25) is 0 Å². The van der Waals surface area contributed by atoms with Gasteiger partial charge in [-0.2, -0.15) is 0 Å². The van der Waals surface area contributed by atoms with Gasteiger partial charge in [-0.25, -0.2) is 0 Å². The maximum Gasteiger partial charge on any atom is 0.243 e. The fourth-order valence-corrected chi connectivity index (χ4v) is 3.97. The first-order valence-corrected chi connectivity index (χ1v) is 10.2. The van der Waals surface area contributed by atoms with Crippen molar-refractivity contribution in [3.05, 3.63) is 29.8 Å². The zero-order valence-corrected chi connectivity index (χ0v) is 17.4. The van der Waals surface area contributed by atoms with Crippen molar-refractivity contribution < 1.29 is 9.59 Å². The monoisotopic (exact) mass is 373 g/mol. The van der Waals surface area contributed by atoms with E-state index in [1.165, 1.54) is 17.7 Å². The molecule has 0 aliphatic heterocycles. The number of hydrogen-bond donors (Lipinski definition) is 2. The largest absolute Gasteiger partial charge is 0.335 e. The van der Waals surface area contributed by atoms with Crippen LogP contribution in [0.1, 0.15) is 52.5 Å². The van der Waals surface area contributed by atoms with Crippen molar-refractivity contribution in [2.45, 2.75) is 65.5 Å². The Morgan fingerprint density at radius 2 is 1.93 bits per heavy atom. The Morgan fingerprint density at radius 1 is 1.22 bits per heavy atom. The maximum atomic E-state index is 12.7. The van der Waals surface area contributed by atoms with Crippen molar-refractivity contribution in [1.29, 1.82) is 0 Å². The fourth-order valence-electron chi connectivity index (χ4n) is 3.97. The predicted octanol–water partition coefficient (Wildman–Crippen LogP) is 3.45. The second kappa shape index (κ2) is 9.88. The summed E-state index contributed by atoms with van der Waals surface area (Å²) in [5, 5.41) is 6.43. The van der Waals surface area contributed by atoms with E-state index in [0.717, 1.165) is 24.1 Å². The average molecular weight is 374 g/mol. The molecule has 0 bridgehead atoms. The highest BCUT2D eigenvalue weighted by Gasteiger charge is 2.30. The van der Waals surface area contributed by atoms with Crippen LogP contribution in [0.4, 0.5) is 5.69 Å². The van der Waals surface area contributed by atoms with Gasteiger partial charge in [0.2, 0.25) is 11.8 Å². The standard InChI is InChI=1S/C22H35N3O2/c1-6-18-11-7-8-12-20(18)24-21(26)14-25(5)22(27)17(4)23-19-13-9-10-15(2)16(19)3/h7-8,11-12,15-17,19,23H,6,9-10,13-14H2,1-5H3,(H,24,26).